The Bertz CT molecular complexity index is 721. The number of rotatable bonds is 5. The molecule has 0 aliphatic carbocycles. The van der Waals surface area contributed by atoms with Gasteiger partial charge in [0.1, 0.15) is 5.75 Å². The fraction of sp³-hybridized carbons (Fsp3) is 0.381. The zero-order valence-electron chi connectivity index (χ0n) is 14.9. The summed E-state index contributed by atoms with van der Waals surface area (Å²) >= 11 is 0. The van der Waals surface area contributed by atoms with E-state index in [1.807, 2.05) is 55.5 Å². The summed E-state index contributed by atoms with van der Waals surface area (Å²) < 4.78 is 10.9. The predicted molar refractivity (Wildman–Crippen MR) is 97.8 cm³/mol. The summed E-state index contributed by atoms with van der Waals surface area (Å²) in [5.74, 6) is 0.914. The standard InChI is InChI=1S/C21H25NO3/c1-16-8-9-17(14-19(16)24-2)15-22-20(23)21(10-12-25-13-11-21)18-6-4-3-5-7-18/h3-9,14H,10-13,15H2,1-2H3,(H,22,23). The lowest BCUT2D eigenvalue weighted by molar-refractivity contribution is -0.130. The van der Waals surface area contributed by atoms with Crippen molar-refractivity contribution in [1.82, 2.24) is 5.32 Å². The first-order valence-electron chi connectivity index (χ1n) is 8.71. The van der Waals surface area contributed by atoms with Crippen molar-refractivity contribution in [3.63, 3.8) is 0 Å². The number of aryl methyl sites for hydroxylation is 1. The van der Waals surface area contributed by atoms with Gasteiger partial charge in [0.25, 0.3) is 0 Å². The molecule has 2 aromatic carbocycles. The molecule has 2 aromatic rings. The van der Waals surface area contributed by atoms with Crippen molar-refractivity contribution >= 4 is 5.91 Å². The van der Waals surface area contributed by atoms with Crippen LogP contribution in [0.4, 0.5) is 0 Å². The smallest absolute Gasteiger partial charge is 0.231 e. The number of amides is 1. The van der Waals surface area contributed by atoms with E-state index in [0.29, 0.717) is 32.6 Å². The van der Waals surface area contributed by atoms with Crippen LogP contribution in [0.1, 0.15) is 29.5 Å². The van der Waals surface area contributed by atoms with E-state index in [0.717, 1.165) is 22.4 Å². The molecule has 3 rings (SSSR count). The second-order valence-corrected chi connectivity index (χ2v) is 6.55. The van der Waals surface area contributed by atoms with Crippen LogP contribution >= 0.6 is 0 Å². The van der Waals surface area contributed by atoms with E-state index in [1.165, 1.54) is 0 Å². The van der Waals surface area contributed by atoms with Crippen molar-refractivity contribution in [2.45, 2.75) is 31.7 Å². The second-order valence-electron chi connectivity index (χ2n) is 6.55. The monoisotopic (exact) mass is 339 g/mol. The van der Waals surface area contributed by atoms with Crippen molar-refractivity contribution in [1.29, 1.82) is 0 Å². The molecule has 0 aromatic heterocycles. The van der Waals surface area contributed by atoms with Crippen molar-refractivity contribution in [3.05, 3.63) is 65.2 Å². The van der Waals surface area contributed by atoms with Crippen molar-refractivity contribution < 1.29 is 14.3 Å². The van der Waals surface area contributed by atoms with Gasteiger partial charge in [-0.3, -0.25) is 4.79 Å². The Hall–Kier alpha value is -2.33. The average molecular weight is 339 g/mol. The van der Waals surface area contributed by atoms with Gasteiger partial charge in [-0.2, -0.15) is 0 Å². The molecule has 132 valence electrons. The van der Waals surface area contributed by atoms with E-state index in [2.05, 4.69) is 5.32 Å². The zero-order valence-corrected chi connectivity index (χ0v) is 14.9. The molecule has 1 aliphatic heterocycles. The third-order valence-electron chi connectivity index (χ3n) is 5.03. The van der Waals surface area contributed by atoms with Gasteiger partial charge in [0.2, 0.25) is 5.91 Å². The van der Waals surface area contributed by atoms with Crippen molar-refractivity contribution in [2.75, 3.05) is 20.3 Å². The minimum atomic E-state index is -0.506. The number of hydrogen-bond donors (Lipinski definition) is 1. The highest BCUT2D eigenvalue weighted by Crippen LogP contribution is 2.35. The number of methoxy groups -OCH3 is 1. The van der Waals surface area contributed by atoms with Crippen LogP contribution < -0.4 is 10.1 Å². The summed E-state index contributed by atoms with van der Waals surface area (Å²) in [5, 5.41) is 3.13. The minimum absolute atomic E-state index is 0.0709. The molecule has 4 nitrogen and oxygen atoms in total. The second kappa shape index (κ2) is 7.70. The largest absolute Gasteiger partial charge is 0.496 e. The van der Waals surface area contributed by atoms with Gasteiger partial charge in [-0.25, -0.2) is 0 Å². The molecule has 25 heavy (non-hydrogen) atoms. The summed E-state index contributed by atoms with van der Waals surface area (Å²) in [7, 11) is 1.66. The number of nitrogens with one attached hydrogen (secondary N) is 1. The average Bonchev–Trinajstić information content (AvgIpc) is 2.68. The highest BCUT2D eigenvalue weighted by molar-refractivity contribution is 5.88. The van der Waals surface area contributed by atoms with E-state index in [4.69, 9.17) is 9.47 Å². The van der Waals surface area contributed by atoms with Crippen LogP contribution in [-0.2, 0) is 21.5 Å². The maximum Gasteiger partial charge on any atom is 0.231 e. The Morgan fingerprint density at radius 2 is 1.88 bits per heavy atom. The molecule has 0 unspecified atom stereocenters. The molecule has 1 N–H and O–H groups in total. The van der Waals surface area contributed by atoms with E-state index in [9.17, 15) is 4.79 Å². The molecular formula is C21H25NO3. The predicted octanol–water partition coefficient (Wildman–Crippen LogP) is 3.37. The highest BCUT2D eigenvalue weighted by Gasteiger charge is 2.41. The van der Waals surface area contributed by atoms with Crippen LogP contribution in [0.5, 0.6) is 5.75 Å². The number of benzene rings is 2. The Labute approximate surface area is 149 Å². The number of ether oxygens (including phenoxy) is 2. The van der Waals surface area contributed by atoms with E-state index < -0.39 is 5.41 Å². The quantitative estimate of drug-likeness (QED) is 0.908. The first kappa shape index (κ1) is 17.5. The number of carbonyl (C=O) groups is 1. The van der Waals surface area contributed by atoms with Gasteiger partial charge < -0.3 is 14.8 Å². The van der Waals surface area contributed by atoms with Gasteiger partial charge in [-0.15, -0.1) is 0 Å². The van der Waals surface area contributed by atoms with Gasteiger partial charge in [-0.1, -0.05) is 42.5 Å². The van der Waals surface area contributed by atoms with Crippen LogP contribution in [0.3, 0.4) is 0 Å². The van der Waals surface area contributed by atoms with E-state index in [1.54, 1.807) is 7.11 Å². The Morgan fingerprint density at radius 3 is 2.56 bits per heavy atom. The highest BCUT2D eigenvalue weighted by atomic mass is 16.5. The topological polar surface area (TPSA) is 47.6 Å². The summed E-state index contributed by atoms with van der Waals surface area (Å²) in [4.78, 5) is 13.1. The molecule has 1 aliphatic rings. The van der Waals surface area contributed by atoms with E-state index in [-0.39, 0.29) is 5.91 Å². The third kappa shape index (κ3) is 3.69. The lowest BCUT2D eigenvalue weighted by Gasteiger charge is -2.36. The van der Waals surface area contributed by atoms with Crippen LogP contribution in [0, 0.1) is 6.92 Å². The SMILES string of the molecule is COc1cc(CNC(=O)C2(c3ccccc3)CCOCC2)ccc1C. The van der Waals surface area contributed by atoms with Gasteiger partial charge in [0, 0.05) is 19.8 Å². The molecule has 0 radical (unpaired) electrons. The molecule has 0 spiro atoms. The van der Waals surface area contributed by atoms with Crippen molar-refractivity contribution in [2.24, 2.45) is 0 Å². The summed E-state index contributed by atoms with van der Waals surface area (Å²) in [6, 6.07) is 16.1. The van der Waals surface area contributed by atoms with Crippen LogP contribution in [-0.4, -0.2) is 26.2 Å². The maximum absolute atomic E-state index is 13.1. The minimum Gasteiger partial charge on any atom is -0.496 e. The number of carbonyl (C=O) groups excluding carboxylic acids is 1. The van der Waals surface area contributed by atoms with Gasteiger partial charge in [0.15, 0.2) is 0 Å². The lowest BCUT2D eigenvalue weighted by atomic mass is 9.73. The number of hydrogen-bond acceptors (Lipinski definition) is 3. The van der Waals surface area contributed by atoms with Crippen LogP contribution in [0.2, 0.25) is 0 Å². The van der Waals surface area contributed by atoms with Gasteiger partial charge >= 0.3 is 0 Å². The Balaban J connectivity index is 1.77. The molecule has 0 atom stereocenters. The van der Waals surface area contributed by atoms with Gasteiger partial charge in [0.05, 0.1) is 12.5 Å². The van der Waals surface area contributed by atoms with Crippen molar-refractivity contribution in [3.8, 4) is 5.75 Å². The molecular weight excluding hydrogens is 314 g/mol. The maximum atomic E-state index is 13.1. The molecule has 0 saturated carbocycles. The third-order valence-corrected chi connectivity index (χ3v) is 5.03. The normalized spacial score (nSPS) is 16.2. The Kier molecular flexibility index (Phi) is 5.39. The summed E-state index contributed by atoms with van der Waals surface area (Å²) in [6.07, 6.45) is 1.42. The zero-order chi connectivity index (χ0) is 17.7. The van der Waals surface area contributed by atoms with E-state index >= 15 is 0 Å². The molecule has 4 heteroatoms. The van der Waals surface area contributed by atoms with Gasteiger partial charge in [-0.05, 0) is 42.5 Å². The Morgan fingerprint density at radius 1 is 1.16 bits per heavy atom. The molecule has 1 saturated heterocycles. The molecule has 1 fully saturated rings. The first-order valence-corrected chi connectivity index (χ1v) is 8.71. The summed E-state index contributed by atoms with van der Waals surface area (Å²) in [5.41, 5.74) is 2.68. The fourth-order valence-corrected chi connectivity index (χ4v) is 3.45. The fourth-order valence-electron chi connectivity index (χ4n) is 3.45. The molecule has 1 amide bonds. The molecule has 0 bridgehead atoms. The summed E-state index contributed by atoms with van der Waals surface area (Å²) in [6.45, 7) is 3.72. The first-order chi connectivity index (χ1) is 12.2. The lowest BCUT2D eigenvalue weighted by Crippen LogP contribution is -2.47. The van der Waals surface area contributed by atoms with Crippen LogP contribution in [0.15, 0.2) is 48.5 Å². The molecule has 1 heterocycles. The van der Waals surface area contributed by atoms with Crippen LogP contribution in [0.25, 0.3) is 0 Å².